The summed E-state index contributed by atoms with van der Waals surface area (Å²) in [5.74, 6) is 1.75. The zero-order valence-electron chi connectivity index (χ0n) is 11.3. The monoisotopic (exact) mass is 268 g/mol. The van der Waals surface area contributed by atoms with Crippen LogP contribution >= 0.6 is 0 Å². The third-order valence-electron chi connectivity index (χ3n) is 3.08. The van der Waals surface area contributed by atoms with Crippen LogP contribution in [0.1, 0.15) is 0 Å². The van der Waals surface area contributed by atoms with Gasteiger partial charge in [-0.2, -0.15) is 0 Å². The normalized spacial score (nSPS) is 10.7. The van der Waals surface area contributed by atoms with Gasteiger partial charge in [-0.05, 0) is 12.1 Å². The van der Waals surface area contributed by atoms with Crippen LogP contribution in [0.3, 0.4) is 0 Å². The first kappa shape index (κ1) is 12.4. The number of aryl methyl sites for hydroxylation is 1. The standard InChI is InChI=1S/C14H16N6/c1-19-8-5-17-13(19)14-18-7-10-20(14)9-6-16-12-3-2-4-15-11-12/h2-5,7-8,10-11,16H,6,9H2,1H3. The van der Waals surface area contributed by atoms with Crippen LogP contribution in [-0.2, 0) is 13.6 Å². The highest BCUT2D eigenvalue weighted by Crippen LogP contribution is 2.14. The molecule has 3 heterocycles. The number of nitrogens with zero attached hydrogens (tertiary/aromatic N) is 5. The number of anilines is 1. The van der Waals surface area contributed by atoms with Gasteiger partial charge in [0.15, 0.2) is 11.6 Å². The summed E-state index contributed by atoms with van der Waals surface area (Å²) >= 11 is 0. The van der Waals surface area contributed by atoms with Crippen LogP contribution in [0.2, 0.25) is 0 Å². The van der Waals surface area contributed by atoms with Gasteiger partial charge in [0.05, 0.1) is 5.69 Å². The lowest BCUT2D eigenvalue weighted by Gasteiger charge is -2.09. The summed E-state index contributed by atoms with van der Waals surface area (Å²) in [6.07, 6.45) is 11.0. The highest BCUT2D eigenvalue weighted by Gasteiger charge is 2.09. The molecule has 6 nitrogen and oxygen atoms in total. The molecule has 0 aliphatic heterocycles. The molecule has 0 aliphatic carbocycles. The minimum absolute atomic E-state index is 0.805. The van der Waals surface area contributed by atoms with Crippen LogP contribution in [0.15, 0.2) is 49.3 Å². The Balaban J connectivity index is 1.67. The van der Waals surface area contributed by atoms with Gasteiger partial charge in [0.1, 0.15) is 0 Å². The van der Waals surface area contributed by atoms with E-state index in [9.17, 15) is 0 Å². The van der Waals surface area contributed by atoms with Gasteiger partial charge in [0.25, 0.3) is 0 Å². The van der Waals surface area contributed by atoms with Crippen molar-refractivity contribution in [1.82, 2.24) is 24.1 Å². The van der Waals surface area contributed by atoms with E-state index in [-0.39, 0.29) is 0 Å². The minimum Gasteiger partial charge on any atom is -0.382 e. The van der Waals surface area contributed by atoms with Crippen molar-refractivity contribution >= 4 is 5.69 Å². The Hall–Kier alpha value is -2.63. The molecule has 0 saturated heterocycles. The third-order valence-corrected chi connectivity index (χ3v) is 3.08. The van der Waals surface area contributed by atoms with Crippen LogP contribution in [0.5, 0.6) is 0 Å². The number of hydrogen-bond donors (Lipinski definition) is 1. The molecule has 1 N–H and O–H groups in total. The van der Waals surface area contributed by atoms with Gasteiger partial charge >= 0.3 is 0 Å². The second kappa shape index (κ2) is 5.56. The predicted molar refractivity (Wildman–Crippen MR) is 77.2 cm³/mol. The molecule has 6 heteroatoms. The quantitative estimate of drug-likeness (QED) is 0.766. The Kier molecular flexibility index (Phi) is 3.45. The van der Waals surface area contributed by atoms with E-state index in [0.29, 0.717) is 0 Å². The number of hydrogen-bond acceptors (Lipinski definition) is 4. The molecule has 0 fully saturated rings. The van der Waals surface area contributed by atoms with E-state index < -0.39 is 0 Å². The molecule has 0 unspecified atom stereocenters. The first-order chi connectivity index (χ1) is 9.84. The molecule has 0 saturated carbocycles. The molecule has 20 heavy (non-hydrogen) atoms. The van der Waals surface area contributed by atoms with Crippen molar-refractivity contribution in [2.75, 3.05) is 11.9 Å². The van der Waals surface area contributed by atoms with Crippen molar-refractivity contribution in [3.05, 3.63) is 49.3 Å². The summed E-state index contributed by atoms with van der Waals surface area (Å²) in [6.45, 7) is 1.62. The van der Waals surface area contributed by atoms with E-state index >= 15 is 0 Å². The number of imidazole rings is 2. The van der Waals surface area contributed by atoms with Crippen LogP contribution in [0.4, 0.5) is 5.69 Å². The van der Waals surface area contributed by atoms with Gasteiger partial charge in [-0.1, -0.05) is 0 Å². The lowest BCUT2D eigenvalue weighted by molar-refractivity contribution is 0.724. The van der Waals surface area contributed by atoms with Gasteiger partial charge in [-0.3, -0.25) is 4.98 Å². The third kappa shape index (κ3) is 2.54. The van der Waals surface area contributed by atoms with Crippen molar-refractivity contribution in [1.29, 1.82) is 0 Å². The second-order valence-corrected chi connectivity index (χ2v) is 4.47. The van der Waals surface area contributed by atoms with E-state index in [0.717, 1.165) is 30.4 Å². The summed E-state index contributed by atoms with van der Waals surface area (Å²) in [6, 6.07) is 3.92. The molecule has 3 aromatic heterocycles. The zero-order valence-corrected chi connectivity index (χ0v) is 11.3. The van der Waals surface area contributed by atoms with Gasteiger partial charge < -0.3 is 14.5 Å². The Morgan fingerprint density at radius 2 is 1.95 bits per heavy atom. The molecular weight excluding hydrogens is 252 g/mol. The van der Waals surface area contributed by atoms with Gasteiger partial charge in [-0.15, -0.1) is 0 Å². The number of pyridine rings is 1. The van der Waals surface area contributed by atoms with Crippen molar-refractivity contribution < 1.29 is 0 Å². The Morgan fingerprint density at radius 3 is 2.70 bits per heavy atom. The lowest BCUT2D eigenvalue weighted by atomic mass is 10.4. The molecule has 0 spiro atoms. The molecule has 0 radical (unpaired) electrons. The minimum atomic E-state index is 0.805. The summed E-state index contributed by atoms with van der Waals surface area (Å²) in [5, 5.41) is 3.33. The zero-order chi connectivity index (χ0) is 13.8. The average Bonchev–Trinajstić information content (AvgIpc) is 3.08. The number of nitrogens with one attached hydrogen (secondary N) is 1. The maximum atomic E-state index is 4.38. The molecule has 102 valence electrons. The SMILES string of the molecule is Cn1ccnc1-c1nccn1CCNc1cccnc1. The van der Waals surface area contributed by atoms with Crippen molar-refractivity contribution in [2.24, 2.45) is 7.05 Å². The van der Waals surface area contributed by atoms with E-state index in [4.69, 9.17) is 0 Å². The van der Waals surface area contributed by atoms with Crippen molar-refractivity contribution in [2.45, 2.75) is 6.54 Å². The van der Waals surface area contributed by atoms with E-state index in [1.807, 2.05) is 42.3 Å². The topological polar surface area (TPSA) is 60.6 Å². The molecule has 0 amide bonds. The van der Waals surface area contributed by atoms with Crippen molar-refractivity contribution in [3.8, 4) is 11.6 Å². The van der Waals surface area contributed by atoms with Crippen LogP contribution in [0, 0.1) is 0 Å². The molecule has 3 aromatic rings. The first-order valence-corrected chi connectivity index (χ1v) is 6.47. The fourth-order valence-corrected chi connectivity index (χ4v) is 2.06. The molecule has 3 rings (SSSR count). The molecule has 0 aliphatic rings. The van der Waals surface area contributed by atoms with Crippen LogP contribution in [-0.4, -0.2) is 30.6 Å². The summed E-state index contributed by atoms with van der Waals surface area (Å²) < 4.78 is 4.05. The summed E-state index contributed by atoms with van der Waals surface area (Å²) in [7, 11) is 1.97. The van der Waals surface area contributed by atoms with E-state index in [1.54, 1.807) is 18.6 Å². The van der Waals surface area contributed by atoms with Crippen LogP contribution in [0.25, 0.3) is 11.6 Å². The molecular formula is C14H16N6. The molecule has 0 aromatic carbocycles. The van der Waals surface area contributed by atoms with Gasteiger partial charge in [0.2, 0.25) is 0 Å². The smallest absolute Gasteiger partial charge is 0.176 e. The fourth-order valence-electron chi connectivity index (χ4n) is 2.06. The Bertz CT molecular complexity index is 670. The lowest BCUT2D eigenvalue weighted by Crippen LogP contribution is -2.12. The summed E-state index contributed by atoms with van der Waals surface area (Å²) in [5.41, 5.74) is 1.02. The fraction of sp³-hybridized carbons (Fsp3) is 0.214. The summed E-state index contributed by atoms with van der Waals surface area (Å²) in [4.78, 5) is 12.8. The second-order valence-electron chi connectivity index (χ2n) is 4.47. The maximum Gasteiger partial charge on any atom is 0.176 e. The number of rotatable bonds is 5. The first-order valence-electron chi connectivity index (χ1n) is 6.47. The molecule has 0 atom stereocenters. The maximum absolute atomic E-state index is 4.38. The Morgan fingerprint density at radius 1 is 1.10 bits per heavy atom. The number of aromatic nitrogens is 5. The van der Waals surface area contributed by atoms with E-state index in [1.165, 1.54) is 0 Å². The highest BCUT2D eigenvalue weighted by atomic mass is 15.1. The highest BCUT2D eigenvalue weighted by molar-refractivity contribution is 5.44. The predicted octanol–water partition coefficient (Wildman–Crippen LogP) is 1.79. The van der Waals surface area contributed by atoms with Crippen LogP contribution < -0.4 is 5.32 Å². The van der Waals surface area contributed by atoms with Gasteiger partial charge in [0, 0.05) is 57.3 Å². The van der Waals surface area contributed by atoms with Crippen molar-refractivity contribution in [3.63, 3.8) is 0 Å². The molecule has 0 bridgehead atoms. The Labute approximate surface area is 117 Å². The largest absolute Gasteiger partial charge is 0.382 e. The average molecular weight is 268 g/mol. The van der Waals surface area contributed by atoms with Gasteiger partial charge in [-0.25, -0.2) is 9.97 Å². The van der Waals surface area contributed by atoms with E-state index in [2.05, 4.69) is 24.8 Å².